The van der Waals surface area contributed by atoms with E-state index in [9.17, 15) is 9.90 Å². The Labute approximate surface area is 214 Å². The Hall–Kier alpha value is -2.19. The van der Waals surface area contributed by atoms with Gasteiger partial charge >= 0.3 is 0 Å². The Morgan fingerprint density at radius 1 is 1.26 bits per heavy atom. The number of hydrogen-bond acceptors (Lipinski definition) is 6. The summed E-state index contributed by atoms with van der Waals surface area (Å²) in [7, 11) is 0. The van der Waals surface area contributed by atoms with Gasteiger partial charge in [0, 0.05) is 24.5 Å². The fraction of sp³-hybridized carbons (Fsp3) is 0.536. The van der Waals surface area contributed by atoms with E-state index < -0.39 is 6.10 Å². The van der Waals surface area contributed by atoms with E-state index in [0.29, 0.717) is 32.2 Å². The predicted octanol–water partition coefficient (Wildman–Crippen LogP) is 4.65. The maximum atomic E-state index is 13.5. The van der Waals surface area contributed by atoms with Gasteiger partial charge in [0.15, 0.2) is 0 Å². The van der Waals surface area contributed by atoms with Crippen LogP contribution in [0.3, 0.4) is 0 Å². The number of fused-ring (bicyclic) bond motifs is 1. The van der Waals surface area contributed by atoms with Crippen molar-refractivity contribution < 1.29 is 19.4 Å². The van der Waals surface area contributed by atoms with E-state index in [1.165, 1.54) is 16.0 Å². The second-order valence-electron chi connectivity index (χ2n) is 9.71. The lowest BCUT2D eigenvalue weighted by molar-refractivity contribution is -0.136. The van der Waals surface area contributed by atoms with E-state index in [1.54, 1.807) is 17.4 Å². The highest BCUT2D eigenvalue weighted by molar-refractivity contribution is 7.10. The fourth-order valence-corrected chi connectivity index (χ4v) is 5.25. The summed E-state index contributed by atoms with van der Waals surface area (Å²) in [6.07, 6.45) is 2.00. The molecule has 1 amide bonds. The van der Waals surface area contributed by atoms with Gasteiger partial charge < -0.3 is 19.5 Å². The number of aliphatic hydroxyl groups is 1. The summed E-state index contributed by atoms with van der Waals surface area (Å²) in [6.45, 7) is 14.4. The minimum absolute atomic E-state index is 0.0319. The van der Waals surface area contributed by atoms with Gasteiger partial charge in [-0.2, -0.15) is 0 Å². The van der Waals surface area contributed by atoms with Crippen LogP contribution in [0.15, 0.2) is 48.4 Å². The lowest BCUT2D eigenvalue weighted by atomic mass is 10.00. The van der Waals surface area contributed by atoms with Crippen LogP contribution in [-0.4, -0.2) is 72.4 Å². The van der Waals surface area contributed by atoms with Crippen LogP contribution >= 0.6 is 11.3 Å². The summed E-state index contributed by atoms with van der Waals surface area (Å²) < 4.78 is 11.7. The first-order valence-corrected chi connectivity index (χ1v) is 13.4. The molecule has 0 bridgehead atoms. The van der Waals surface area contributed by atoms with Crippen LogP contribution in [0.4, 0.5) is 0 Å². The van der Waals surface area contributed by atoms with Gasteiger partial charge in [-0.05, 0) is 60.9 Å². The number of thiophene rings is 1. The van der Waals surface area contributed by atoms with E-state index in [4.69, 9.17) is 9.47 Å². The average Bonchev–Trinajstić information content (AvgIpc) is 3.30. The van der Waals surface area contributed by atoms with E-state index in [0.717, 1.165) is 12.2 Å². The zero-order valence-corrected chi connectivity index (χ0v) is 22.3. The van der Waals surface area contributed by atoms with Crippen LogP contribution in [0.5, 0.6) is 5.75 Å². The monoisotopic (exact) mass is 500 g/mol. The third-order valence-corrected chi connectivity index (χ3v) is 7.20. The van der Waals surface area contributed by atoms with Gasteiger partial charge in [0.2, 0.25) is 5.91 Å². The first kappa shape index (κ1) is 27.4. The molecule has 3 rings (SSSR count). The fourth-order valence-electron chi connectivity index (χ4n) is 4.32. The lowest BCUT2D eigenvalue weighted by Crippen LogP contribution is -2.48. The summed E-state index contributed by atoms with van der Waals surface area (Å²) in [5.74, 6) is 1.31. The van der Waals surface area contributed by atoms with Crippen LogP contribution in [0.2, 0.25) is 0 Å². The highest BCUT2D eigenvalue weighted by Crippen LogP contribution is 2.34. The number of nitrogens with zero attached hydrogens (tertiary/aromatic N) is 2. The zero-order chi connectivity index (χ0) is 25.4. The van der Waals surface area contributed by atoms with Crippen molar-refractivity contribution in [1.29, 1.82) is 0 Å². The number of ether oxygens (including phenoxy) is 2. The van der Waals surface area contributed by atoms with Crippen LogP contribution in [0, 0.1) is 0 Å². The molecule has 1 N–H and O–H groups in total. The van der Waals surface area contributed by atoms with E-state index in [-0.39, 0.29) is 31.2 Å². The molecule has 0 unspecified atom stereocenters. The Balaban J connectivity index is 1.68. The molecule has 192 valence electrons. The van der Waals surface area contributed by atoms with Crippen molar-refractivity contribution in [2.24, 2.45) is 0 Å². The largest absolute Gasteiger partial charge is 0.491 e. The normalized spacial score (nSPS) is 16.6. The lowest BCUT2D eigenvalue weighted by Gasteiger charge is -2.37. The number of rotatable bonds is 13. The quantitative estimate of drug-likeness (QED) is 0.406. The molecule has 1 aliphatic rings. The van der Waals surface area contributed by atoms with Gasteiger partial charge in [-0.1, -0.05) is 32.1 Å². The first-order chi connectivity index (χ1) is 16.8. The molecule has 1 aliphatic heterocycles. The SMILES string of the molecule is C=CCN(CC(=O)N1CCc2sccc2[C@H]1COc1ccc(C(C)C)cc1)C[C@@H](O)COC(C)C. The molecule has 7 heteroatoms. The summed E-state index contributed by atoms with van der Waals surface area (Å²) in [6, 6.07) is 10.2. The smallest absolute Gasteiger partial charge is 0.237 e. The number of carbonyl (C=O) groups excluding carboxylic acids is 1. The molecule has 2 atom stereocenters. The van der Waals surface area contributed by atoms with Gasteiger partial charge in [0.05, 0.1) is 31.4 Å². The first-order valence-electron chi connectivity index (χ1n) is 12.5. The van der Waals surface area contributed by atoms with Crippen LogP contribution in [0.25, 0.3) is 0 Å². The molecule has 1 aromatic heterocycles. The van der Waals surface area contributed by atoms with Crippen LogP contribution in [-0.2, 0) is 16.0 Å². The Morgan fingerprint density at radius 3 is 2.66 bits per heavy atom. The summed E-state index contributed by atoms with van der Waals surface area (Å²) in [5.41, 5.74) is 2.45. The predicted molar refractivity (Wildman–Crippen MR) is 142 cm³/mol. The molecule has 35 heavy (non-hydrogen) atoms. The van der Waals surface area contributed by atoms with Gasteiger partial charge in [0.25, 0.3) is 0 Å². The molecular formula is C28H40N2O4S. The number of carbonyl (C=O) groups is 1. The van der Waals surface area contributed by atoms with Crippen LogP contribution in [0.1, 0.15) is 55.7 Å². The van der Waals surface area contributed by atoms with Crippen molar-refractivity contribution in [3.8, 4) is 5.75 Å². The molecule has 1 aromatic carbocycles. The van der Waals surface area contributed by atoms with Crippen LogP contribution < -0.4 is 4.74 Å². The summed E-state index contributed by atoms with van der Waals surface area (Å²) >= 11 is 1.74. The maximum Gasteiger partial charge on any atom is 0.237 e. The van der Waals surface area contributed by atoms with E-state index in [2.05, 4.69) is 44.0 Å². The van der Waals surface area contributed by atoms with Gasteiger partial charge in [0.1, 0.15) is 12.4 Å². The standard InChI is InChI=1S/C28H40N2O4S/c1-6-13-29(16-23(31)18-33-21(4)5)17-28(32)30-14-11-27-25(12-15-35-27)26(30)19-34-24-9-7-22(8-10-24)20(2)3/h6-10,12,15,20-21,23,26,31H,1,11,13-14,16-19H2,2-5H3/t23-,26-/m1/s1. The molecule has 0 saturated heterocycles. The number of benzene rings is 1. The Bertz CT molecular complexity index is 941. The highest BCUT2D eigenvalue weighted by Gasteiger charge is 2.33. The highest BCUT2D eigenvalue weighted by atomic mass is 32.1. The zero-order valence-electron chi connectivity index (χ0n) is 21.5. The molecule has 6 nitrogen and oxygen atoms in total. The molecule has 0 fully saturated rings. The molecule has 2 aromatic rings. The minimum Gasteiger partial charge on any atom is -0.491 e. The second kappa shape index (κ2) is 13.2. The molecule has 0 saturated carbocycles. The number of amides is 1. The second-order valence-corrected chi connectivity index (χ2v) is 10.7. The van der Waals surface area contributed by atoms with Gasteiger partial charge in [-0.3, -0.25) is 9.69 Å². The Kier molecular flexibility index (Phi) is 10.3. The third kappa shape index (κ3) is 7.90. The van der Waals surface area contributed by atoms with E-state index >= 15 is 0 Å². The van der Waals surface area contributed by atoms with Crippen molar-refractivity contribution in [2.45, 2.75) is 58.3 Å². The van der Waals surface area contributed by atoms with Gasteiger partial charge in [-0.15, -0.1) is 17.9 Å². The number of aliphatic hydroxyl groups excluding tert-OH is 1. The van der Waals surface area contributed by atoms with Crippen molar-refractivity contribution in [3.63, 3.8) is 0 Å². The minimum atomic E-state index is -0.664. The van der Waals surface area contributed by atoms with Crippen molar-refractivity contribution in [3.05, 3.63) is 64.4 Å². The molecule has 0 aliphatic carbocycles. The van der Waals surface area contributed by atoms with Crippen molar-refractivity contribution in [2.75, 3.05) is 39.4 Å². The third-order valence-electron chi connectivity index (χ3n) is 6.21. The number of hydrogen-bond donors (Lipinski definition) is 1. The molecule has 0 spiro atoms. The summed E-state index contributed by atoms with van der Waals surface area (Å²) in [4.78, 5) is 18.7. The Morgan fingerprint density at radius 2 is 2.00 bits per heavy atom. The topological polar surface area (TPSA) is 62.2 Å². The maximum absolute atomic E-state index is 13.5. The van der Waals surface area contributed by atoms with Crippen molar-refractivity contribution >= 4 is 17.2 Å². The molecule has 2 heterocycles. The van der Waals surface area contributed by atoms with Crippen molar-refractivity contribution in [1.82, 2.24) is 9.80 Å². The average molecular weight is 501 g/mol. The molecular weight excluding hydrogens is 460 g/mol. The summed E-state index contributed by atoms with van der Waals surface area (Å²) in [5, 5.41) is 12.5. The molecule has 0 radical (unpaired) electrons. The van der Waals surface area contributed by atoms with Gasteiger partial charge in [-0.25, -0.2) is 0 Å². The van der Waals surface area contributed by atoms with E-state index in [1.807, 2.05) is 35.8 Å².